The Bertz CT molecular complexity index is 914. The highest BCUT2D eigenvalue weighted by atomic mass is 16.5. The number of likely N-dealkylation sites (N-methyl/N-ethyl adjacent to an activating group) is 2. The van der Waals surface area contributed by atoms with Crippen LogP contribution in [0.1, 0.15) is 89.2 Å². The molecule has 0 bridgehead atoms. The van der Waals surface area contributed by atoms with Gasteiger partial charge in [0.2, 0.25) is 0 Å². The van der Waals surface area contributed by atoms with E-state index in [4.69, 9.17) is 9.47 Å². The average molecular weight is 553 g/mol. The van der Waals surface area contributed by atoms with Crippen LogP contribution in [-0.2, 0) is 32.3 Å². The van der Waals surface area contributed by atoms with Crippen LogP contribution in [0.25, 0.3) is 11.1 Å². The first kappa shape index (κ1) is 33.5. The van der Waals surface area contributed by atoms with Crippen molar-refractivity contribution in [2.24, 2.45) is 0 Å². The van der Waals surface area contributed by atoms with Gasteiger partial charge in [-0.25, -0.2) is 0 Å². The highest BCUT2D eigenvalue weighted by Gasteiger charge is 2.10. The van der Waals surface area contributed by atoms with Gasteiger partial charge < -0.3 is 9.47 Å². The van der Waals surface area contributed by atoms with Crippen LogP contribution < -0.4 is 0 Å². The molecular formula is C34H52N2O4. The van der Waals surface area contributed by atoms with Gasteiger partial charge in [-0.1, -0.05) is 102 Å². The molecule has 0 aliphatic heterocycles. The molecule has 0 spiro atoms. The van der Waals surface area contributed by atoms with Gasteiger partial charge in [-0.3, -0.25) is 19.4 Å². The van der Waals surface area contributed by atoms with Gasteiger partial charge in [-0.05, 0) is 74.4 Å². The van der Waals surface area contributed by atoms with E-state index in [-0.39, 0.29) is 25.2 Å². The highest BCUT2D eigenvalue weighted by Crippen LogP contribution is 2.22. The zero-order valence-electron chi connectivity index (χ0n) is 25.5. The molecule has 0 saturated heterocycles. The van der Waals surface area contributed by atoms with E-state index in [0.29, 0.717) is 13.1 Å². The molecule has 0 heterocycles. The predicted molar refractivity (Wildman–Crippen MR) is 164 cm³/mol. The summed E-state index contributed by atoms with van der Waals surface area (Å²) in [5, 5.41) is 0. The number of esters is 2. The van der Waals surface area contributed by atoms with E-state index in [2.05, 4.69) is 13.8 Å². The van der Waals surface area contributed by atoms with Crippen molar-refractivity contribution in [2.75, 3.05) is 40.3 Å². The number of unbranched alkanes of at least 4 members (excludes halogenated alkanes) is 8. The summed E-state index contributed by atoms with van der Waals surface area (Å²) in [4.78, 5) is 28.7. The van der Waals surface area contributed by atoms with E-state index in [0.717, 1.165) is 48.2 Å². The van der Waals surface area contributed by atoms with E-state index in [9.17, 15) is 9.59 Å². The number of rotatable bonds is 21. The van der Waals surface area contributed by atoms with Crippen molar-refractivity contribution in [1.82, 2.24) is 9.80 Å². The van der Waals surface area contributed by atoms with Gasteiger partial charge in [0.1, 0.15) is 13.2 Å². The number of ether oxygens (including phenoxy) is 2. The minimum absolute atomic E-state index is 0.201. The Morgan fingerprint density at radius 3 is 1.40 bits per heavy atom. The fourth-order valence-electron chi connectivity index (χ4n) is 4.67. The highest BCUT2D eigenvalue weighted by molar-refractivity contribution is 5.72. The Balaban J connectivity index is 1.78. The van der Waals surface area contributed by atoms with E-state index in [1.54, 1.807) is 0 Å². The molecule has 222 valence electrons. The van der Waals surface area contributed by atoms with Crippen molar-refractivity contribution in [3.05, 3.63) is 59.7 Å². The molecule has 2 rings (SSSR count). The lowest BCUT2D eigenvalue weighted by atomic mass is 10.0. The second-order valence-corrected chi connectivity index (χ2v) is 11.0. The number of nitrogens with zero attached hydrogens (tertiary/aromatic N) is 2. The number of hydrogen-bond acceptors (Lipinski definition) is 6. The lowest BCUT2D eigenvalue weighted by molar-refractivity contribution is -0.146. The maximum Gasteiger partial charge on any atom is 0.320 e. The third-order valence-corrected chi connectivity index (χ3v) is 7.07. The van der Waals surface area contributed by atoms with Crippen molar-refractivity contribution in [2.45, 2.75) is 91.3 Å². The lowest BCUT2D eigenvalue weighted by Gasteiger charge is -2.16. The van der Waals surface area contributed by atoms with Crippen LogP contribution in [0.15, 0.2) is 48.5 Å². The molecule has 0 amide bonds. The quantitative estimate of drug-likeness (QED) is 0.120. The predicted octanol–water partition coefficient (Wildman–Crippen LogP) is 7.24. The van der Waals surface area contributed by atoms with Crippen molar-refractivity contribution in [3.63, 3.8) is 0 Å². The van der Waals surface area contributed by atoms with Crippen LogP contribution in [0.3, 0.4) is 0 Å². The van der Waals surface area contributed by atoms with Gasteiger partial charge in [0.05, 0.1) is 13.1 Å². The molecule has 2 aromatic rings. The zero-order valence-corrected chi connectivity index (χ0v) is 25.5. The second kappa shape index (κ2) is 20.2. The SMILES string of the molecule is CCCCCCCN(C)CC(=O)OCc1cccc(-c2cccc(COC(=O)CN(C)CCCCCCC)c2)c1. The fraction of sp³-hybridized carbons (Fsp3) is 0.588. The maximum atomic E-state index is 12.3. The number of carbonyl (C=O) groups is 2. The standard InChI is InChI=1S/C34H52N2O4/c1-5-7-9-11-13-21-35(3)25-33(37)39-27-29-17-15-19-31(23-29)32-20-16-18-30(24-32)28-40-34(38)26-36(4)22-14-12-10-8-6-2/h15-20,23-24H,5-14,21-22,25-28H2,1-4H3. The number of hydrogen-bond donors (Lipinski definition) is 0. The normalized spacial score (nSPS) is 11.2. The summed E-state index contributed by atoms with van der Waals surface area (Å²) in [6.45, 7) is 7.37. The summed E-state index contributed by atoms with van der Waals surface area (Å²) < 4.78 is 11.1. The van der Waals surface area contributed by atoms with Crippen LogP contribution in [0.5, 0.6) is 0 Å². The summed E-state index contributed by atoms with van der Waals surface area (Å²) in [5.74, 6) is -0.403. The van der Waals surface area contributed by atoms with Crippen LogP contribution in [0.4, 0.5) is 0 Å². The van der Waals surface area contributed by atoms with Crippen molar-refractivity contribution in [1.29, 1.82) is 0 Å². The zero-order chi connectivity index (χ0) is 29.0. The monoisotopic (exact) mass is 552 g/mol. The molecule has 0 saturated carbocycles. The van der Waals surface area contributed by atoms with Gasteiger partial charge in [0.15, 0.2) is 0 Å². The first-order valence-electron chi connectivity index (χ1n) is 15.3. The van der Waals surface area contributed by atoms with Crippen molar-refractivity contribution >= 4 is 11.9 Å². The molecule has 0 unspecified atom stereocenters. The average Bonchev–Trinajstić information content (AvgIpc) is 2.95. The molecule has 2 aromatic carbocycles. The first-order valence-corrected chi connectivity index (χ1v) is 15.3. The molecule has 0 N–H and O–H groups in total. The van der Waals surface area contributed by atoms with Crippen LogP contribution >= 0.6 is 0 Å². The second-order valence-electron chi connectivity index (χ2n) is 11.0. The van der Waals surface area contributed by atoms with Gasteiger partial charge in [0.25, 0.3) is 0 Å². The first-order chi connectivity index (χ1) is 19.4. The van der Waals surface area contributed by atoms with Crippen LogP contribution in [0, 0.1) is 0 Å². The van der Waals surface area contributed by atoms with Crippen molar-refractivity contribution < 1.29 is 19.1 Å². The maximum absolute atomic E-state index is 12.3. The molecule has 0 radical (unpaired) electrons. The lowest BCUT2D eigenvalue weighted by Crippen LogP contribution is -2.28. The van der Waals surface area contributed by atoms with E-state index < -0.39 is 0 Å². The summed E-state index contributed by atoms with van der Waals surface area (Å²) in [6, 6.07) is 16.1. The van der Waals surface area contributed by atoms with Crippen LogP contribution in [-0.4, -0.2) is 62.0 Å². The van der Waals surface area contributed by atoms with E-state index >= 15 is 0 Å². The summed E-state index contributed by atoms with van der Waals surface area (Å²) in [5.41, 5.74) is 3.97. The number of benzene rings is 2. The van der Waals surface area contributed by atoms with Crippen LogP contribution in [0.2, 0.25) is 0 Å². The molecule has 40 heavy (non-hydrogen) atoms. The third-order valence-electron chi connectivity index (χ3n) is 7.07. The minimum Gasteiger partial charge on any atom is -0.460 e. The Kier molecular flexibility index (Phi) is 16.9. The largest absolute Gasteiger partial charge is 0.460 e. The molecule has 0 aromatic heterocycles. The Labute approximate surface area is 243 Å². The minimum atomic E-state index is -0.201. The van der Waals surface area contributed by atoms with Gasteiger partial charge in [0, 0.05) is 0 Å². The molecule has 0 atom stereocenters. The topological polar surface area (TPSA) is 59.1 Å². The molecular weight excluding hydrogens is 500 g/mol. The fourth-order valence-corrected chi connectivity index (χ4v) is 4.67. The molecule has 0 aliphatic rings. The molecule has 0 aliphatic carbocycles. The third kappa shape index (κ3) is 14.6. The van der Waals surface area contributed by atoms with Crippen molar-refractivity contribution in [3.8, 4) is 11.1 Å². The Morgan fingerprint density at radius 2 is 1.00 bits per heavy atom. The van der Waals surface area contributed by atoms with E-state index in [1.807, 2.05) is 72.4 Å². The summed E-state index contributed by atoms with van der Waals surface area (Å²) in [6.07, 6.45) is 12.2. The molecule has 0 fully saturated rings. The Hall–Kier alpha value is -2.70. The summed E-state index contributed by atoms with van der Waals surface area (Å²) >= 11 is 0. The molecule has 6 heteroatoms. The number of carbonyl (C=O) groups excluding carboxylic acids is 2. The van der Waals surface area contributed by atoms with Gasteiger partial charge in [-0.15, -0.1) is 0 Å². The van der Waals surface area contributed by atoms with E-state index in [1.165, 1.54) is 51.4 Å². The molecule has 6 nitrogen and oxygen atoms in total. The summed E-state index contributed by atoms with van der Waals surface area (Å²) in [7, 11) is 3.94. The van der Waals surface area contributed by atoms with Gasteiger partial charge in [-0.2, -0.15) is 0 Å². The smallest absolute Gasteiger partial charge is 0.320 e. The van der Waals surface area contributed by atoms with Gasteiger partial charge >= 0.3 is 11.9 Å². The Morgan fingerprint density at radius 1 is 0.600 bits per heavy atom.